The molecule has 2 atom stereocenters. The molecule has 4 saturated heterocycles. The number of carbonyl (C=O) groups excluding carboxylic acids is 1. The summed E-state index contributed by atoms with van der Waals surface area (Å²) in [6.45, 7) is 3.03. The zero-order chi connectivity index (χ0) is 29.8. The van der Waals surface area contributed by atoms with Gasteiger partial charge in [-0.25, -0.2) is 4.79 Å². The van der Waals surface area contributed by atoms with E-state index in [0.29, 0.717) is 57.1 Å². The standard InChI is InChI=1S/C26H30F9N3O3/c27-24(28,29)19-3-2-16(20(10-19)37-11-17-14-40-15-18(17)12-37)13-38-7-1-4-23(38)5-8-36(9-6-23)22(39)41-21(25(30,31)32)26(33,34)35/h2-3,10,17-18,21H,1,4-9,11-15H2. The lowest BCUT2D eigenvalue weighted by atomic mass is 9.84. The van der Waals surface area contributed by atoms with Crippen LogP contribution in [0.5, 0.6) is 0 Å². The topological polar surface area (TPSA) is 45.2 Å². The Hall–Kier alpha value is -2.42. The van der Waals surface area contributed by atoms with Gasteiger partial charge in [-0.15, -0.1) is 0 Å². The number of fused-ring (bicyclic) bond motifs is 1. The predicted octanol–water partition coefficient (Wildman–Crippen LogP) is 5.85. The van der Waals surface area contributed by atoms with E-state index in [0.717, 1.165) is 17.4 Å². The van der Waals surface area contributed by atoms with Gasteiger partial charge in [0.1, 0.15) is 0 Å². The Bertz CT molecular complexity index is 1090. The molecule has 4 heterocycles. The van der Waals surface area contributed by atoms with Gasteiger partial charge in [0, 0.05) is 55.8 Å². The smallest absolute Gasteiger partial charge is 0.426 e. The molecule has 5 rings (SSSR count). The monoisotopic (exact) mass is 603 g/mol. The normalized spacial score (nSPS) is 25.4. The molecule has 1 amide bonds. The summed E-state index contributed by atoms with van der Waals surface area (Å²) >= 11 is 0. The number of nitrogens with zero attached hydrogens (tertiary/aromatic N) is 3. The second-order valence-electron chi connectivity index (χ2n) is 11.4. The molecular weight excluding hydrogens is 573 g/mol. The number of rotatable bonds is 4. The van der Waals surface area contributed by atoms with E-state index in [1.165, 1.54) is 12.1 Å². The van der Waals surface area contributed by atoms with E-state index >= 15 is 0 Å². The van der Waals surface area contributed by atoms with E-state index in [-0.39, 0.29) is 37.8 Å². The molecule has 4 aliphatic rings. The molecule has 0 aromatic heterocycles. The summed E-state index contributed by atoms with van der Waals surface area (Å²) < 4.78 is 127. The van der Waals surface area contributed by atoms with Crippen LogP contribution < -0.4 is 4.90 Å². The highest BCUT2D eigenvalue weighted by Gasteiger charge is 2.60. The number of halogens is 9. The molecule has 0 N–H and O–H groups in total. The zero-order valence-corrected chi connectivity index (χ0v) is 21.9. The van der Waals surface area contributed by atoms with Gasteiger partial charge in [-0.1, -0.05) is 6.07 Å². The van der Waals surface area contributed by atoms with E-state index < -0.39 is 41.8 Å². The Morgan fingerprint density at radius 3 is 2.10 bits per heavy atom. The third kappa shape index (κ3) is 6.20. The molecule has 1 aromatic carbocycles. The lowest BCUT2D eigenvalue weighted by Gasteiger charge is -2.45. The van der Waals surface area contributed by atoms with E-state index in [9.17, 15) is 44.3 Å². The summed E-state index contributed by atoms with van der Waals surface area (Å²) in [6.07, 6.45) is -20.0. The van der Waals surface area contributed by atoms with Crippen LogP contribution in [0.1, 0.15) is 36.8 Å². The third-order valence-electron chi connectivity index (χ3n) is 8.86. The third-order valence-corrected chi connectivity index (χ3v) is 8.86. The Labute approximate surface area is 230 Å². The minimum absolute atomic E-state index is 0.104. The highest BCUT2D eigenvalue weighted by molar-refractivity contribution is 5.68. The zero-order valence-electron chi connectivity index (χ0n) is 21.9. The largest absolute Gasteiger partial charge is 0.434 e. The molecule has 230 valence electrons. The maximum absolute atomic E-state index is 13.6. The van der Waals surface area contributed by atoms with Crippen LogP contribution in [0.2, 0.25) is 0 Å². The highest BCUT2D eigenvalue weighted by Crippen LogP contribution is 2.43. The lowest BCUT2D eigenvalue weighted by molar-refractivity contribution is -0.308. The molecule has 1 spiro atoms. The van der Waals surface area contributed by atoms with Crippen LogP contribution in [0.4, 0.5) is 50.0 Å². The van der Waals surface area contributed by atoms with Crippen molar-refractivity contribution in [2.75, 3.05) is 50.8 Å². The number of alkyl halides is 9. The SMILES string of the molecule is O=C(OC(C(F)(F)F)C(F)(F)F)N1CCC2(CCCN2Cc2ccc(C(F)(F)F)cc2N2CC3COCC3C2)CC1. The number of piperidine rings is 1. The molecule has 0 saturated carbocycles. The summed E-state index contributed by atoms with van der Waals surface area (Å²) in [4.78, 5) is 17.2. The molecule has 41 heavy (non-hydrogen) atoms. The molecule has 0 radical (unpaired) electrons. The average Bonchev–Trinajstić information content (AvgIpc) is 3.57. The van der Waals surface area contributed by atoms with Crippen molar-refractivity contribution in [3.63, 3.8) is 0 Å². The van der Waals surface area contributed by atoms with Gasteiger partial charge in [0.05, 0.1) is 18.8 Å². The van der Waals surface area contributed by atoms with Gasteiger partial charge in [-0.3, -0.25) is 4.90 Å². The van der Waals surface area contributed by atoms with Crippen molar-refractivity contribution in [1.29, 1.82) is 0 Å². The average molecular weight is 604 g/mol. The molecule has 1 aromatic rings. The van der Waals surface area contributed by atoms with Gasteiger partial charge in [-0.05, 0) is 49.9 Å². The Balaban J connectivity index is 1.29. The minimum atomic E-state index is -5.80. The Morgan fingerprint density at radius 1 is 0.927 bits per heavy atom. The number of carbonyl (C=O) groups is 1. The van der Waals surface area contributed by atoms with Crippen molar-refractivity contribution in [2.24, 2.45) is 11.8 Å². The lowest BCUT2D eigenvalue weighted by Crippen LogP contribution is -2.54. The van der Waals surface area contributed by atoms with Crippen LogP contribution >= 0.6 is 0 Å². The van der Waals surface area contributed by atoms with E-state index in [1.54, 1.807) is 0 Å². The van der Waals surface area contributed by atoms with Crippen LogP contribution in [-0.4, -0.2) is 85.8 Å². The summed E-state index contributed by atoms with van der Waals surface area (Å²) in [6, 6.07) is 3.71. The molecule has 2 unspecified atom stereocenters. The quantitative estimate of drug-likeness (QED) is 0.405. The molecule has 0 bridgehead atoms. The molecule has 4 aliphatic heterocycles. The highest BCUT2D eigenvalue weighted by atomic mass is 19.4. The van der Waals surface area contributed by atoms with Crippen molar-refractivity contribution in [3.8, 4) is 0 Å². The maximum Gasteiger partial charge on any atom is 0.434 e. The second kappa shape index (κ2) is 10.7. The number of ether oxygens (including phenoxy) is 2. The van der Waals surface area contributed by atoms with Crippen molar-refractivity contribution in [1.82, 2.24) is 9.80 Å². The number of likely N-dealkylation sites (tertiary alicyclic amines) is 2. The summed E-state index contributed by atoms with van der Waals surface area (Å²) in [7, 11) is 0. The fraction of sp³-hybridized carbons (Fsp3) is 0.731. The molecular formula is C26H30F9N3O3. The van der Waals surface area contributed by atoms with E-state index in [1.807, 2.05) is 4.90 Å². The first-order valence-electron chi connectivity index (χ1n) is 13.4. The maximum atomic E-state index is 13.6. The minimum Gasteiger partial charge on any atom is -0.426 e. The molecule has 0 aliphatic carbocycles. The van der Waals surface area contributed by atoms with Crippen molar-refractivity contribution in [3.05, 3.63) is 29.3 Å². The number of amides is 1. The number of anilines is 1. The van der Waals surface area contributed by atoms with E-state index in [2.05, 4.69) is 9.64 Å². The number of hydrogen-bond acceptors (Lipinski definition) is 5. The van der Waals surface area contributed by atoms with Crippen LogP contribution in [0.3, 0.4) is 0 Å². The fourth-order valence-electron chi connectivity index (χ4n) is 6.67. The van der Waals surface area contributed by atoms with Crippen molar-refractivity contribution >= 4 is 11.8 Å². The number of hydrogen-bond donors (Lipinski definition) is 0. The summed E-state index contributed by atoms with van der Waals surface area (Å²) in [5.74, 6) is 0.489. The van der Waals surface area contributed by atoms with Gasteiger partial charge in [0.25, 0.3) is 6.10 Å². The second-order valence-corrected chi connectivity index (χ2v) is 11.4. The van der Waals surface area contributed by atoms with Gasteiger partial charge in [0.15, 0.2) is 0 Å². The Morgan fingerprint density at radius 2 is 1.54 bits per heavy atom. The van der Waals surface area contributed by atoms with Gasteiger partial charge >= 0.3 is 24.6 Å². The van der Waals surface area contributed by atoms with Gasteiger partial charge in [0.2, 0.25) is 0 Å². The van der Waals surface area contributed by atoms with Crippen LogP contribution in [0, 0.1) is 11.8 Å². The molecule has 4 fully saturated rings. The first-order valence-corrected chi connectivity index (χ1v) is 13.4. The van der Waals surface area contributed by atoms with Crippen molar-refractivity contribution in [2.45, 2.75) is 62.4 Å². The number of benzene rings is 1. The predicted molar refractivity (Wildman–Crippen MR) is 127 cm³/mol. The summed E-state index contributed by atoms with van der Waals surface area (Å²) in [5, 5.41) is 0. The van der Waals surface area contributed by atoms with Crippen LogP contribution in [0.15, 0.2) is 18.2 Å². The molecule has 15 heteroatoms. The van der Waals surface area contributed by atoms with Crippen LogP contribution in [0.25, 0.3) is 0 Å². The van der Waals surface area contributed by atoms with Crippen LogP contribution in [-0.2, 0) is 22.2 Å². The van der Waals surface area contributed by atoms with Gasteiger partial charge < -0.3 is 19.3 Å². The fourth-order valence-corrected chi connectivity index (χ4v) is 6.67. The first kappa shape index (κ1) is 30.1. The first-order chi connectivity index (χ1) is 19.1. The summed E-state index contributed by atoms with van der Waals surface area (Å²) in [5.41, 5.74) is -0.0223. The van der Waals surface area contributed by atoms with E-state index in [4.69, 9.17) is 4.74 Å². The van der Waals surface area contributed by atoms with Gasteiger partial charge in [-0.2, -0.15) is 39.5 Å². The van der Waals surface area contributed by atoms with Crippen molar-refractivity contribution < 1.29 is 53.8 Å². The molecule has 6 nitrogen and oxygen atoms in total. The Kier molecular flexibility index (Phi) is 7.84.